The molecular formula is C40H40Cl4O16S4. The van der Waals surface area contributed by atoms with E-state index in [1.165, 1.54) is 48.5 Å². The van der Waals surface area contributed by atoms with Crippen molar-refractivity contribution in [3.8, 4) is 23.0 Å². The van der Waals surface area contributed by atoms with Gasteiger partial charge in [-0.1, -0.05) is 0 Å². The fraction of sp³-hybridized carbons (Fsp3) is 0.400. The molecule has 2 heterocycles. The van der Waals surface area contributed by atoms with Gasteiger partial charge in [0.25, 0.3) is 36.2 Å². The molecule has 0 atom stereocenters. The van der Waals surface area contributed by atoms with Gasteiger partial charge in [0.05, 0.1) is 72.4 Å². The lowest BCUT2D eigenvalue weighted by molar-refractivity contribution is 0.0270. The van der Waals surface area contributed by atoms with Crippen LogP contribution in [-0.2, 0) is 80.8 Å². The van der Waals surface area contributed by atoms with Gasteiger partial charge in [-0.15, -0.1) is 0 Å². The molecule has 348 valence electrons. The zero-order valence-electron chi connectivity index (χ0n) is 33.6. The highest BCUT2D eigenvalue weighted by molar-refractivity contribution is 8.14. The van der Waals surface area contributed by atoms with Crippen LogP contribution in [-0.4, -0.2) is 113 Å². The van der Waals surface area contributed by atoms with Gasteiger partial charge < -0.3 is 37.9 Å². The highest BCUT2D eigenvalue weighted by atomic mass is 35.7. The van der Waals surface area contributed by atoms with Crippen LogP contribution in [0.2, 0.25) is 0 Å². The molecule has 0 amide bonds. The molecule has 2 aliphatic heterocycles. The monoisotopic (exact) mass is 1040 g/mol. The summed E-state index contributed by atoms with van der Waals surface area (Å²) in [5, 5.41) is 0. The van der Waals surface area contributed by atoms with Crippen molar-refractivity contribution in [2.45, 2.75) is 45.3 Å². The molecule has 0 fully saturated rings. The third kappa shape index (κ3) is 12.3. The summed E-state index contributed by atoms with van der Waals surface area (Å²) in [4.78, 5) is -1.46. The molecule has 0 N–H and O–H groups in total. The molecule has 24 heteroatoms. The van der Waals surface area contributed by atoms with Crippen molar-refractivity contribution in [3.63, 3.8) is 0 Å². The Bertz CT molecular complexity index is 2490. The van der Waals surface area contributed by atoms with Crippen LogP contribution >= 0.6 is 42.7 Å². The SMILES string of the molecule is O=S(=O)(Cl)c1cc2c3c(c1)Cc1cc(S(=O)(=O)Cl)cc4c1OCCOCCOCCOc1c(cc(S(=O)(=O)Cl)cc1Cc1cc(S(=O)(=O)Cl)cc(c1OCCOCCOCCO3)C2)C4. The standard InChI is InChI=1S/C40H40Cl4O16S4/c41-61(45,46)33-17-25-13-26-18-34(62(42,47)48)22-30-16-32-24-36(64(44,51)52)20-28-14-27-19-35(63(43,49)50)23-31(39(27)59-11-7-55-3-4-56-8-12-60-40(28)32)15-29(21-33)37(25)57-9-5-53-1-2-54-6-10-58-38(26)30/h17-24H,1-16H2. The minimum atomic E-state index is -4.49. The Kier molecular flexibility index (Phi) is 15.6. The van der Waals surface area contributed by atoms with Crippen molar-refractivity contribution < 1.29 is 71.6 Å². The summed E-state index contributed by atoms with van der Waals surface area (Å²) in [5.41, 5.74) is 1.47. The molecule has 0 aromatic heterocycles. The third-order valence-corrected chi connectivity index (χ3v) is 15.5. The van der Waals surface area contributed by atoms with Crippen LogP contribution in [0.5, 0.6) is 23.0 Å². The molecule has 12 bridgehead atoms. The van der Waals surface area contributed by atoms with E-state index < -0.39 is 36.2 Å². The fourth-order valence-corrected chi connectivity index (χ4v) is 10.9. The number of halogens is 4. The number of hydrogen-bond acceptors (Lipinski definition) is 16. The maximum absolute atomic E-state index is 13.2. The lowest BCUT2D eigenvalue weighted by Gasteiger charge is -2.24. The summed E-state index contributed by atoms with van der Waals surface area (Å²) in [6.07, 6.45) is -1.08. The second-order valence-corrected chi connectivity index (χ2v) is 24.8. The molecular weight excluding hydrogens is 1010 g/mol. The summed E-state index contributed by atoms with van der Waals surface area (Å²) in [6.45, 7) is 0.707. The second kappa shape index (κ2) is 20.4. The highest BCUT2D eigenvalue weighted by Gasteiger charge is 2.29. The van der Waals surface area contributed by atoms with Gasteiger partial charge in [0.2, 0.25) is 0 Å². The Hall–Kier alpha value is -3.12. The molecule has 0 saturated carbocycles. The number of ether oxygens (including phenoxy) is 8. The van der Waals surface area contributed by atoms with Gasteiger partial charge in [-0.05, 0) is 48.5 Å². The van der Waals surface area contributed by atoms with Gasteiger partial charge in [-0.2, -0.15) is 0 Å². The Morgan fingerprint density at radius 3 is 0.594 bits per heavy atom. The Morgan fingerprint density at radius 1 is 0.281 bits per heavy atom. The molecule has 16 nitrogen and oxygen atoms in total. The van der Waals surface area contributed by atoms with Crippen LogP contribution in [0.1, 0.15) is 44.5 Å². The molecule has 7 rings (SSSR count). The predicted molar refractivity (Wildman–Crippen MR) is 234 cm³/mol. The molecule has 0 saturated heterocycles. The minimum Gasteiger partial charge on any atom is -0.491 e. The highest BCUT2D eigenvalue weighted by Crippen LogP contribution is 2.43. The number of hydrogen-bond donors (Lipinski definition) is 0. The van der Waals surface area contributed by atoms with Crippen molar-refractivity contribution in [1.82, 2.24) is 0 Å². The third-order valence-electron chi connectivity index (χ3n) is 10.2. The molecule has 0 radical (unpaired) electrons. The maximum Gasteiger partial charge on any atom is 0.261 e. The predicted octanol–water partition coefficient (Wildman–Crippen LogP) is 5.68. The first-order chi connectivity index (χ1) is 30.3. The van der Waals surface area contributed by atoms with E-state index in [0.29, 0.717) is 0 Å². The van der Waals surface area contributed by atoms with Crippen LogP contribution in [0, 0.1) is 0 Å². The van der Waals surface area contributed by atoms with Crippen molar-refractivity contribution in [1.29, 1.82) is 0 Å². The van der Waals surface area contributed by atoms with Crippen LogP contribution in [0.15, 0.2) is 68.1 Å². The van der Waals surface area contributed by atoms with E-state index in [4.69, 9.17) is 80.6 Å². The smallest absolute Gasteiger partial charge is 0.261 e. The fourth-order valence-electron chi connectivity index (χ4n) is 7.52. The molecule has 64 heavy (non-hydrogen) atoms. The van der Waals surface area contributed by atoms with E-state index in [9.17, 15) is 33.7 Å². The second-order valence-electron chi connectivity index (χ2n) is 14.6. The van der Waals surface area contributed by atoms with Crippen LogP contribution in [0.4, 0.5) is 0 Å². The molecule has 3 aliphatic rings. The average molecular weight is 1050 g/mol. The van der Waals surface area contributed by atoms with E-state index in [2.05, 4.69) is 0 Å². The van der Waals surface area contributed by atoms with Gasteiger partial charge in [0.15, 0.2) is 0 Å². The quantitative estimate of drug-likeness (QED) is 0.198. The van der Waals surface area contributed by atoms with E-state index in [1.54, 1.807) is 0 Å². The molecule has 4 aromatic carbocycles. The molecule has 0 unspecified atom stereocenters. The van der Waals surface area contributed by atoms with Gasteiger partial charge in [0.1, 0.15) is 49.4 Å². The van der Waals surface area contributed by atoms with Crippen molar-refractivity contribution in [2.75, 3.05) is 79.3 Å². The van der Waals surface area contributed by atoms with Crippen molar-refractivity contribution in [3.05, 3.63) is 93.0 Å². The van der Waals surface area contributed by atoms with Gasteiger partial charge in [-0.25, -0.2) is 33.7 Å². The summed E-state index contributed by atoms with van der Waals surface area (Å²) in [5.74, 6) is 0.514. The van der Waals surface area contributed by atoms with E-state index >= 15 is 0 Å². The first kappa shape index (κ1) is 48.8. The number of benzene rings is 4. The largest absolute Gasteiger partial charge is 0.491 e. The molecule has 0 spiro atoms. The summed E-state index contributed by atoms with van der Waals surface area (Å²) in [7, 11) is 6.21. The summed E-state index contributed by atoms with van der Waals surface area (Å²) < 4.78 is 154. The lowest BCUT2D eigenvalue weighted by atomic mass is 9.91. The Labute approximate surface area is 388 Å². The van der Waals surface area contributed by atoms with E-state index in [0.717, 1.165) is 0 Å². The van der Waals surface area contributed by atoms with Crippen molar-refractivity contribution in [2.24, 2.45) is 0 Å². The van der Waals surface area contributed by atoms with Crippen LogP contribution < -0.4 is 18.9 Å². The van der Waals surface area contributed by atoms with Crippen LogP contribution in [0.3, 0.4) is 0 Å². The van der Waals surface area contributed by atoms with Gasteiger partial charge in [-0.3, -0.25) is 0 Å². The summed E-state index contributed by atoms with van der Waals surface area (Å²) >= 11 is 0. The Morgan fingerprint density at radius 2 is 0.438 bits per heavy atom. The molecule has 4 aromatic rings. The topological polar surface area (TPSA) is 210 Å². The summed E-state index contributed by atoms with van der Waals surface area (Å²) in [6, 6.07) is 10.2. The van der Waals surface area contributed by atoms with Gasteiger partial charge in [0, 0.05) is 113 Å². The normalized spacial score (nSPS) is 17.4. The van der Waals surface area contributed by atoms with Crippen molar-refractivity contribution >= 4 is 78.9 Å². The average Bonchev–Trinajstić information content (AvgIpc) is 3.20. The van der Waals surface area contributed by atoms with Gasteiger partial charge >= 0.3 is 0 Å². The van der Waals surface area contributed by atoms with E-state index in [-0.39, 0.29) is 192 Å². The molecule has 1 aliphatic carbocycles. The first-order valence-electron chi connectivity index (χ1n) is 19.5. The minimum absolute atomic E-state index is 0.0628. The van der Waals surface area contributed by atoms with E-state index in [1.807, 2.05) is 0 Å². The van der Waals surface area contributed by atoms with Crippen LogP contribution in [0.25, 0.3) is 0 Å². The first-order valence-corrected chi connectivity index (χ1v) is 28.7. The maximum atomic E-state index is 13.2. The zero-order valence-corrected chi connectivity index (χ0v) is 39.9. The zero-order chi connectivity index (χ0) is 45.9. The lowest BCUT2D eigenvalue weighted by Crippen LogP contribution is -2.15. The number of rotatable bonds is 4. The Balaban J connectivity index is 1.64.